The largest absolute Gasteiger partial charge is 0.396 e. The lowest BCUT2D eigenvalue weighted by atomic mass is 9.95. The predicted molar refractivity (Wildman–Crippen MR) is 98.9 cm³/mol. The molecule has 0 aromatic heterocycles. The van der Waals surface area contributed by atoms with Crippen LogP contribution in [0, 0.1) is 0 Å². The zero-order chi connectivity index (χ0) is 17.5. The number of carbonyl (C=O) groups is 1. The summed E-state index contributed by atoms with van der Waals surface area (Å²) >= 11 is 12.1. The van der Waals surface area contributed by atoms with Crippen LogP contribution in [0.2, 0.25) is 10.0 Å². The molecule has 1 atom stereocenters. The summed E-state index contributed by atoms with van der Waals surface area (Å²) in [5.74, 6) is -0.0153. The van der Waals surface area contributed by atoms with Gasteiger partial charge in [0.15, 0.2) is 0 Å². The van der Waals surface area contributed by atoms with Gasteiger partial charge in [0.1, 0.15) is 0 Å². The number of rotatable bonds is 7. The molecule has 1 unspecified atom stereocenters. The average Bonchev–Trinajstić information content (AvgIpc) is 2.61. The van der Waals surface area contributed by atoms with Crippen molar-refractivity contribution >= 4 is 29.1 Å². The van der Waals surface area contributed by atoms with E-state index in [2.05, 4.69) is 0 Å². The van der Waals surface area contributed by atoms with E-state index in [9.17, 15) is 9.90 Å². The summed E-state index contributed by atoms with van der Waals surface area (Å²) in [7, 11) is 0. The van der Waals surface area contributed by atoms with Gasteiger partial charge in [0, 0.05) is 31.2 Å². The smallest absolute Gasteiger partial charge is 0.253 e. The summed E-state index contributed by atoms with van der Waals surface area (Å²) in [4.78, 5) is 14.5. The Hall–Kier alpha value is -1.55. The lowest BCUT2D eigenvalue weighted by molar-refractivity contribution is 0.0748. The third kappa shape index (κ3) is 4.73. The zero-order valence-corrected chi connectivity index (χ0v) is 15.1. The fourth-order valence-electron chi connectivity index (χ4n) is 2.67. The maximum atomic E-state index is 12.7. The Morgan fingerprint density at radius 3 is 2.42 bits per heavy atom. The molecule has 3 nitrogen and oxygen atoms in total. The van der Waals surface area contributed by atoms with E-state index in [-0.39, 0.29) is 18.4 Å². The van der Waals surface area contributed by atoms with Crippen LogP contribution < -0.4 is 0 Å². The van der Waals surface area contributed by atoms with Crippen molar-refractivity contribution in [2.75, 3.05) is 19.7 Å². The maximum Gasteiger partial charge on any atom is 0.253 e. The molecule has 0 bridgehead atoms. The second-order valence-corrected chi connectivity index (χ2v) is 6.41. The molecule has 0 aliphatic heterocycles. The molecule has 0 aliphatic rings. The van der Waals surface area contributed by atoms with E-state index in [1.165, 1.54) is 0 Å². The third-order valence-corrected chi connectivity index (χ3v) is 4.76. The molecule has 2 aromatic rings. The van der Waals surface area contributed by atoms with E-state index in [1.54, 1.807) is 11.0 Å². The van der Waals surface area contributed by atoms with Gasteiger partial charge in [-0.2, -0.15) is 0 Å². The van der Waals surface area contributed by atoms with Crippen LogP contribution in [0.4, 0.5) is 0 Å². The average molecular weight is 366 g/mol. The lowest BCUT2D eigenvalue weighted by Crippen LogP contribution is -2.35. The topological polar surface area (TPSA) is 40.5 Å². The molecule has 0 spiro atoms. The predicted octanol–water partition coefficient (Wildman–Crippen LogP) is 4.62. The summed E-state index contributed by atoms with van der Waals surface area (Å²) in [6, 6.07) is 14.7. The fraction of sp³-hybridized carbons (Fsp3) is 0.316. The molecule has 0 aliphatic carbocycles. The van der Waals surface area contributed by atoms with E-state index >= 15 is 0 Å². The number of hydrogen-bond donors (Lipinski definition) is 1. The van der Waals surface area contributed by atoms with Gasteiger partial charge in [-0.25, -0.2) is 0 Å². The summed E-state index contributed by atoms with van der Waals surface area (Å²) in [5.41, 5.74) is 1.63. The zero-order valence-electron chi connectivity index (χ0n) is 13.6. The molecular weight excluding hydrogens is 345 g/mol. The lowest BCUT2D eigenvalue weighted by Gasteiger charge is -2.27. The quantitative estimate of drug-likeness (QED) is 0.777. The minimum atomic E-state index is -0.0129. The van der Waals surface area contributed by atoms with Crippen LogP contribution in [0.1, 0.15) is 35.2 Å². The number of nitrogens with zero attached hydrogens (tertiary/aromatic N) is 1. The van der Waals surface area contributed by atoms with Crippen molar-refractivity contribution in [2.24, 2.45) is 0 Å². The highest BCUT2D eigenvalue weighted by Crippen LogP contribution is 2.29. The highest BCUT2D eigenvalue weighted by atomic mass is 35.5. The Bertz CT molecular complexity index is 676. The van der Waals surface area contributed by atoms with Crippen LogP contribution in [-0.2, 0) is 0 Å². The highest BCUT2D eigenvalue weighted by Gasteiger charge is 2.20. The van der Waals surface area contributed by atoms with Crippen LogP contribution in [0.15, 0.2) is 48.5 Å². The van der Waals surface area contributed by atoms with E-state index < -0.39 is 0 Å². The first-order chi connectivity index (χ1) is 11.6. The van der Waals surface area contributed by atoms with Crippen molar-refractivity contribution in [1.82, 2.24) is 4.90 Å². The number of aliphatic hydroxyl groups is 1. The molecule has 0 saturated heterocycles. The Balaban J connectivity index is 2.21. The molecule has 1 N–H and O–H groups in total. The van der Waals surface area contributed by atoms with Crippen LogP contribution in [-0.4, -0.2) is 35.6 Å². The van der Waals surface area contributed by atoms with Crippen molar-refractivity contribution in [1.29, 1.82) is 0 Å². The Morgan fingerprint density at radius 2 is 1.83 bits per heavy atom. The Labute approximate surface area is 152 Å². The molecule has 0 radical (unpaired) electrons. The fourth-order valence-corrected chi connectivity index (χ4v) is 2.98. The Kier molecular flexibility index (Phi) is 7.10. The van der Waals surface area contributed by atoms with Crippen LogP contribution in [0.5, 0.6) is 0 Å². The monoisotopic (exact) mass is 365 g/mol. The molecule has 1 amide bonds. The molecule has 24 heavy (non-hydrogen) atoms. The van der Waals surface area contributed by atoms with Crippen molar-refractivity contribution in [3.8, 4) is 0 Å². The van der Waals surface area contributed by atoms with Gasteiger partial charge in [0.05, 0.1) is 10.0 Å². The van der Waals surface area contributed by atoms with Crippen molar-refractivity contribution < 1.29 is 9.90 Å². The molecule has 5 heteroatoms. The van der Waals surface area contributed by atoms with Crippen LogP contribution in [0.25, 0.3) is 0 Å². The van der Waals surface area contributed by atoms with Gasteiger partial charge in [-0.1, -0.05) is 47.5 Å². The van der Waals surface area contributed by atoms with Crippen LogP contribution in [0.3, 0.4) is 0 Å². The SMILES string of the molecule is CCN(CC(CCO)c1ccc(Cl)c(Cl)c1)C(=O)c1ccccc1. The normalized spacial score (nSPS) is 12.0. The van der Waals surface area contributed by atoms with Gasteiger partial charge in [-0.3, -0.25) is 4.79 Å². The van der Waals surface area contributed by atoms with Crippen molar-refractivity contribution in [3.05, 3.63) is 69.7 Å². The first kappa shape index (κ1) is 18.8. The number of halogens is 2. The summed E-state index contributed by atoms with van der Waals surface area (Å²) in [6.45, 7) is 3.10. The van der Waals surface area contributed by atoms with Crippen LogP contribution >= 0.6 is 23.2 Å². The number of aliphatic hydroxyl groups excluding tert-OH is 1. The number of benzene rings is 2. The number of carbonyl (C=O) groups excluding carboxylic acids is 1. The van der Waals surface area contributed by atoms with Gasteiger partial charge in [-0.15, -0.1) is 0 Å². The second-order valence-electron chi connectivity index (χ2n) is 5.59. The summed E-state index contributed by atoms with van der Waals surface area (Å²) in [5, 5.41) is 10.4. The number of hydrogen-bond acceptors (Lipinski definition) is 2. The maximum absolute atomic E-state index is 12.7. The van der Waals surface area contributed by atoms with E-state index in [1.807, 2.05) is 49.4 Å². The number of amides is 1. The Morgan fingerprint density at radius 1 is 1.12 bits per heavy atom. The molecule has 0 heterocycles. The summed E-state index contributed by atoms with van der Waals surface area (Å²) < 4.78 is 0. The van der Waals surface area contributed by atoms with Gasteiger partial charge in [0.25, 0.3) is 5.91 Å². The molecule has 0 fully saturated rings. The van der Waals surface area contributed by atoms with Gasteiger partial charge < -0.3 is 10.0 Å². The summed E-state index contributed by atoms with van der Waals surface area (Å²) in [6.07, 6.45) is 0.552. The van der Waals surface area contributed by atoms with Gasteiger partial charge in [0.2, 0.25) is 0 Å². The molecular formula is C19H21Cl2NO2. The minimum absolute atomic E-state index is 0.00243. The van der Waals surface area contributed by atoms with E-state index in [0.29, 0.717) is 35.1 Å². The first-order valence-corrected chi connectivity index (χ1v) is 8.72. The standard InChI is InChI=1S/C19H21Cl2NO2/c1-2-22(19(24)14-6-4-3-5-7-14)13-16(10-11-23)15-8-9-17(20)18(21)12-15/h3-9,12,16,23H,2,10-11,13H2,1H3. The number of likely N-dealkylation sites (N-methyl/N-ethyl adjacent to an activating group) is 1. The van der Waals surface area contributed by atoms with Gasteiger partial charge >= 0.3 is 0 Å². The molecule has 2 rings (SSSR count). The molecule has 128 valence electrons. The highest BCUT2D eigenvalue weighted by molar-refractivity contribution is 6.42. The van der Waals surface area contributed by atoms with E-state index in [0.717, 1.165) is 5.56 Å². The van der Waals surface area contributed by atoms with Crippen molar-refractivity contribution in [2.45, 2.75) is 19.3 Å². The first-order valence-electron chi connectivity index (χ1n) is 7.97. The molecule has 2 aromatic carbocycles. The van der Waals surface area contributed by atoms with E-state index in [4.69, 9.17) is 23.2 Å². The second kappa shape index (κ2) is 9.07. The van der Waals surface area contributed by atoms with Gasteiger partial charge in [-0.05, 0) is 43.2 Å². The minimum Gasteiger partial charge on any atom is -0.396 e. The third-order valence-electron chi connectivity index (χ3n) is 4.02. The van der Waals surface area contributed by atoms with Crippen molar-refractivity contribution in [3.63, 3.8) is 0 Å². The molecule has 0 saturated carbocycles.